The Bertz CT molecular complexity index is 1080. The lowest BCUT2D eigenvalue weighted by atomic mass is 9.82. The fourth-order valence-electron chi connectivity index (χ4n) is 6.02. The highest BCUT2D eigenvalue weighted by molar-refractivity contribution is 5.82. The minimum atomic E-state index is -4.41. The molecule has 2 fully saturated rings. The molecule has 2 aromatic carbocycles. The molecule has 3 aliphatic heterocycles. The van der Waals surface area contributed by atoms with Crippen molar-refractivity contribution in [2.45, 2.75) is 37.9 Å². The smallest absolute Gasteiger partial charge is 0.416 e. The summed E-state index contributed by atoms with van der Waals surface area (Å²) in [7, 11) is 0. The number of anilines is 1. The van der Waals surface area contributed by atoms with Crippen LogP contribution in [0.2, 0.25) is 0 Å². The van der Waals surface area contributed by atoms with Crippen LogP contribution in [0.5, 0.6) is 5.75 Å². The predicted molar refractivity (Wildman–Crippen MR) is 141 cm³/mol. The van der Waals surface area contributed by atoms with E-state index in [4.69, 9.17) is 4.74 Å². The van der Waals surface area contributed by atoms with Crippen molar-refractivity contribution in [2.75, 3.05) is 63.9 Å². The normalized spacial score (nSPS) is 22.4. The van der Waals surface area contributed by atoms with Gasteiger partial charge in [-0.2, -0.15) is 13.2 Å². The molecule has 2 aromatic rings. The summed E-state index contributed by atoms with van der Waals surface area (Å²) in [4.78, 5) is 20.3. The molecule has 9 heteroatoms. The Morgan fingerprint density at radius 1 is 0.947 bits per heavy atom. The van der Waals surface area contributed by atoms with Crippen molar-refractivity contribution in [1.29, 1.82) is 0 Å². The van der Waals surface area contributed by atoms with Crippen molar-refractivity contribution in [3.63, 3.8) is 0 Å². The van der Waals surface area contributed by atoms with Crippen LogP contribution in [0.1, 0.15) is 30.4 Å². The number of carbonyl (C=O) groups is 1. The fraction of sp³-hybridized carbons (Fsp3) is 0.552. The lowest BCUT2D eigenvalue weighted by Gasteiger charge is -2.49. The van der Waals surface area contributed by atoms with Crippen LogP contribution in [0, 0.1) is 5.92 Å². The Balaban J connectivity index is 1.27. The first-order valence-corrected chi connectivity index (χ1v) is 13.8. The van der Waals surface area contributed by atoms with E-state index in [1.165, 1.54) is 25.3 Å². The monoisotopic (exact) mass is 530 g/mol. The van der Waals surface area contributed by atoms with Crippen molar-refractivity contribution < 1.29 is 22.7 Å². The molecule has 38 heavy (non-hydrogen) atoms. The first kappa shape index (κ1) is 26.8. The summed E-state index contributed by atoms with van der Waals surface area (Å²) in [5, 5.41) is 3.12. The number of ether oxygens (including phenoxy) is 1. The van der Waals surface area contributed by atoms with Crippen LogP contribution >= 0.6 is 0 Å². The van der Waals surface area contributed by atoms with Gasteiger partial charge in [-0.05, 0) is 68.2 Å². The number of halogens is 3. The van der Waals surface area contributed by atoms with Crippen LogP contribution in [-0.4, -0.2) is 80.7 Å². The first-order valence-electron chi connectivity index (χ1n) is 13.8. The lowest BCUT2D eigenvalue weighted by molar-refractivity contribution is -0.137. The molecule has 2 atom stereocenters. The first-order chi connectivity index (χ1) is 18.4. The van der Waals surface area contributed by atoms with Crippen LogP contribution in [0.4, 0.5) is 18.9 Å². The van der Waals surface area contributed by atoms with E-state index >= 15 is 0 Å². The van der Waals surface area contributed by atoms with Gasteiger partial charge in [0.1, 0.15) is 12.4 Å². The second-order valence-electron chi connectivity index (χ2n) is 10.6. The number of hydrogen-bond donors (Lipinski definition) is 1. The second-order valence-corrected chi connectivity index (χ2v) is 10.6. The summed E-state index contributed by atoms with van der Waals surface area (Å²) in [5.74, 6) is 0.344. The van der Waals surface area contributed by atoms with Gasteiger partial charge in [0.15, 0.2) is 0 Å². The highest BCUT2D eigenvalue weighted by Gasteiger charge is 2.42. The van der Waals surface area contributed by atoms with E-state index in [1.54, 1.807) is 6.07 Å². The molecule has 206 valence electrons. The third-order valence-electron chi connectivity index (χ3n) is 8.06. The van der Waals surface area contributed by atoms with Gasteiger partial charge in [0.05, 0.1) is 17.5 Å². The number of carbonyl (C=O) groups excluding carboxylic acids is 1. The largest absolute Gasteiger partial charge is 0.492 e. The zero-order valence-corrected chi connectivity index (χ0v) is 21.8. The quantitative estimate of drug-likeness (QED) is 0.558. The third kappa shape index (κ3) is 6.43. The SMILES string of the molecule is O=C(NCCN1CCCCC1)[C@@H]1Cc2cc(C(F)(F)F)ccc2N2CCN(CCOc3ccccc3)C[C@H]12. The molecule has 1 N–H and O–H groups in total. The Hall–Kier alpha value is -2.78. The molecule has 0 unspecified atom stereocenters. The third-order valence-corrected chi connectivity index (χ3v) is 8.06. The number of piperazine rings is 1. The van der Waals surface area contributed by atoms with Gasteiger partial charge in [0.25, 0.3) is 0 Å². The fourth-order valence-corrected chi connectivity index (χ4v) is 6.02. The molecule has 0 saturated carbocycles. The van der Waals surface area contributed by atoms with Crippen molar-refractivity contribution in [2.24, 2.45) is 5.92 Å². The average Bonchev–Trinajstić information content (AvgIpc) is 2.93. The van der Waals surface area contributed by atoms with Gasteiger partial charge >= 0.3 is 6.18 Å². The molecule has 5 rings (SSSR count). The maximum Gasteiger partial charge on any atom is 0.416 e. The molecule has 3 heterocycles. The standard InChI is InChI=1S/C29H37F3N4O2/c30-29(31,32)23-9-10-26-22(19-23)20-25(28(37)33-11-14-34-12-5-2-6-13-34)27-21-35(15-16-36(26)27)17-18-38-24-7-3-1-4-8-24/h1,3-4,7-10,19,25,27H,2,5-6,11-18,20-21H2,(H,33,37)/t25-,27-/m1/s1. The number of rotatable bonds is 8. The van der Waals surface area contributed by atoms with E-state index in [2.05, 4.69) is 20.0 Å². The number of piperidine rings is 1. The summed E-state index contributed by atoms with van der Waals surface area (Å²) in [6.45, 7) is 6.84. The zero-order chi connectivity index (χ0) is 26.5. The van der Waals surface area contributed by atoms with Crippen molar-refractivity contribution >= 4 is 11.6 Å². The lowest BCUT2D eigenvalue weighted by Crippen LogP contribution is -2.61. The Morgan fingerprint density at radius 2 is 1.74 bits per heavy atom. The minimum Gasteiger partial charge on any atom is -0.492 e. The molecule has 0 spiro atoms. The molecule has 2 saturated heterocycles. The van der Waals surface area contributed by atoms with E-state index in [1.807, 2.05) is 30.3 Å². The Morgan fingerprint density at radius 3 is 2.50 bits per heavy atom. The molecular weight excluding hydrogens is 493 g/mol. The van der Waals surface area contributed by atoms with Gasteiger partial charge in [-0.1, -0.05) is 24.6 Å². The van der Waals surface area contributed by atoms with Gasteiger partial charge in [-0.3, -0.25) is 9.69 Å². The number of fused-ring (bicyclic) bond motifs is 3. The maximum absolute atomic E-state index is 13.5. The Labute approximate surface area is 222 Å². The van der Waals surface area contributed by atoms with Gasteiger partial charge < -0.3 is 19.9 Å². The molecule has 6 nitrogen and oxygen atoms in total. The van der Waals surface area contributed by atoms with E-state index in [9.17, 15) is 18.0 Å². The summed E-state index contributed by atoms with van der Waals surface area (Å²) < 4.78 is 46.3. The summed E-state index contributed by atoms with van der Waals surface area (Å²) in [6.07, 6.45) is -0.458. The van der Waals surface area contributed by atoms with E-state index in [-0.39, 0.29) is 11.9 Å². The number of benzene rings is 2. The van der Waals surface area contributed by atoms with E-state index in [0.29, 0.717) is 38.2 Å². The summed E-state index contributed by atoms with van der Waals surface area (Å²) in [6, 6.07) is 13.6. The average molecular weight is 531 g/mol. The van der Waals surface area contributed by atoms with Gasteiger partial charge in [0.2, 0.25) is 5.91 Å². The van der Waals surface area contributed by atoms with Crippen LogP contribution in [0.15, 0.2) is 48.5 Å². The number of alkyl halides is 3. The molecule has 3 aliphatic rings. The van der Waals surface area contributed by atoms with Crippen LogP contribution in [0.25, 0.3) is 0 Å². The van der Waals surface area contributed by atoms with Crippen molar-refractivity contribution in [3.8, 4) is 5.75 Å². The van der Waals surface area contributed by atoms with Gasteiger partial charge in [-0.25, -0.2) is 0 Å². The highest BCUT2D eigenvalue weighted by Crippen LogP contribution is 2.39. The number of hydrogen-bond acceptors (Lipinski definition) is 5. The molecule has 0 aliphatic carbocycles. The van der Waals surface area contributed by atoms with Crippen molar-refractivity contribution in [1.82, 2.24) is 15.1 Å². The van der Waals surface area contributed by atoms with Gasteiger partial charge in [-0.15, -0.1) is 0 Å². The van der Waals surface area contributed by atoms with Crippen LogP contribution in [0.3, 0.4) is 0 Å². The molecule has 0 bridgehead atoms. The van der Waals surface area contributed by atoms with Gasteiger partial charge in [0, 0.05) is 45.0 Å². The van der Waals surface area contributed by atoms with E-state index in [0.717, 1.165) is 50.2 Å². The number of nitrogens with one attached hydrogen (secondary N) is 1. The van der Waals surface area contributed by atoms with Crippen LogP contribution in [-0.2, 0) is 17.4 Å². The van der Waals surface area contributed by atoms with E-state index < -0.39 is 17.7 Å². The zero-order valence-electron chi connectivity index (χ0n) is 21.8. The Kier molecular flexibility index (Phi) is 8.43. The maximum atomic E-state index is 13.5. The van der Waals surface area contributed by atoms with Crippen molar-refractivity contribution in [3.05, 3.63) is 59.7 Å². The minimum absolute atomic E-state index is 0.0672. The second kappa shape index (κ2) is 11.9. The molecule has 1 amide bonds. The number of para-hydroxylation sites is 1. The predicted octanol–water partition coefficient (Wildman–Crippen LogP) is 4.05. The number of likely N-dealkylation sites (tertiary alicyclic amines) is 1. The molecule has 0 aromatic heterocycles. The van der Waals surface area contributed by atoms with Crippen LogP contribution < -0.4 is 15.0 Å². The highest BCUT2D eigenvalue weighted by atomic mass is 19.4. The number of amides is 1. The molecular formula is C29H37F3N4O2. The summed E-state index contributed by atoms with van der Waals surface area (Å²) in [5.41, 5.74) is 0.768. The topological polar surface area (TPSA) is 48.1 Å². The molecule has 0 radical (unpaired) electrons. The summed E-state index contributed by atoms with van der Waals surface area (Å²) >= 11 is 0. The number of nitrogens with zero attached hydrogens (tertiary/aromatic N) is 3.